The second-order valence-electron chi connectivity index (χ2n) is 6.07. The van der Waals surface area contributed by atoms with Crippen molar-refractivity contribution in [2.24, 2.45) is 11.3 Å². The first-order valence-electron chi connectivity index (χ1n) is 6.50. The van der Waals surface area contributed by atoms with Crippen LogP contribution in [0.15, 0.2) is 0 Å². The van der Waals surface area contributed by atoms with Crippen LogP contribution in [0.5, 0.6) is 0 Å². The van der Waals surface area contributed by atoms with Crippen LogP contribution in [0.1, 0.15) is 40.0 Å². The van der Waals surface area contributed by atoms with Crippen molar-refractivity contribution in [3.05, 3.63) is 0 Å². The minimum absolute atomic E-state index is 0.0950. The Kier molecular flexibility index (Phi) is 3.24. The zero-order valence-corrected chi connectivity index (χ0v) is 10.8. The van der Waals surface area contributed by atoms with E-state index in [0.717, 1.165) is 6.54 Å². The smallest absolute Gasteiger partial charge is 0.217 e. The minimum atomic E-state index is 0.0950. The standard InChI is InChI=1S/C13H24N2O/c1-10(2)12(14-11(3)16)7-15-8-13(9-15)5-4-6-13/h10,12H,4-9H2,1-3H3,(H,14,16). The molecule has 92 valence electrons. The molecule has 1 saturated carbocycles. The lowest BCUT2D eigenvalue weighted by Crippen LogP contribution is -2.62. The maximum atomic E-state index is 11.1. The number of likely N-dealkylation sites (tertiary alicyclic amines) is 1. The predicted molar refractivity (Wildman–Crippen MR) is 65.2 cm³/mol. The van der Waals surface area contributed by atoms with Crippen molar-refractivity contribution < 1.29 is 4.79 Å². The summed E-state index contributed by atoms with van der Waals surface area (Å²) in [5.41, 5.74) is 0.692. The number of hydrogen-bond acceptors (Lipinski definition) is 2. The van der Waals surface area contributed by atoms with E-state index < -0.39 is 0 Å². The summed E-state index contributed by atoms with van der Waals surface area (Å²) in [7, 11) is 0. The molecule has 0 bridgehead atoms. The lowest BCUT2D eigenvalue weighted by molar-refractivity contribution is -0.120. The molecule has 1 unspecified atom stereocenters. The Bertz CT molecular complexity index is 263. The van der Waals surface area contributed by atoms with E-state index in [1.165, 1.54) is 32.4 Å². The molecule has 1 spiro atoms. The third-order valence-electron chi connectivity index (χ3n) is 4.18. The van der Waals surface area contributed by atoms with E-state index in [-0.39, 0.29) is 5.91 Å². The van der Waals surface area contributed by atoms with Crippen molar-refractivity contribution in [2.75, 3.05) is 19.6 Å². The van der Waals surface area contributed by atoms with E-state index in [1.54, 1.807) is 6.92 Å². The number of carbonyl (C=O) groups excluding carboxylic acids is 1. The summed E-state index contributed by atoms with van der Waals surface area (Å²) in [5.74, 6) is 0.611. The fraction of sp³-hybridized carbons (Fsp3) is 0.923. The van der Waals surface area contributed by atoms with Gasteiger partial charge in [0.05, 0.1) is 0 Å². The molecule has 1 N–H and O–H groups in total. The third kappa shape index (κ3) is 2.40. The van der Waals surface area contributed by atoms with Gasteiger partial charge in [0.25, 0.3) is 0 Å². The van der Waals surface area contributed by atoms with Crippen LogP contribution in [0, 0.1) is 11.3 Å². The first kappa shape index (κ1) is 11.9. The summed E-state index contributed by atoms with van der Waals surface area (Å²) in [6.45, 7) is 9.52. The molecule has 16 heavy (non-hydrogen) atoms. The van der Waals surface area contributed by atoms with Gasteiger partial charge in [-0.1, -0.05) is 20.3 Å². The molecular formula is C13H24N2O. The van der Waals surface area contributed by atoms with Gasteiger partial charge in [0, 0.05) is 32.6 Å². The fourth-order valence-electron chi connectivity index (χ4n) is 2.99. The molecule has 1 atom stereocenters. The Hall–Kier alpha value is -0.570. The van der Waals surface area contributed by atoms with Crippen LogP contribution in [-0.2, 0) is 4.79 Å². The van der Waals surface area contributed by atoms with Crippen molar-refractivity contribution in [1.82, 2.24) is 10.2 Å². The Morgan fingerprint density at radius 1 is 1.38 bits per heavy atom. The van der Waals surface area contributed by atoms with Gasteiger partial charge in [0.1, 0.15) is 0 Å². The molecule has 0 radical (unpaired) electrons. The molecule has 2 rings (SSSR count). The molecule has 0 aromatic heterocycles. The number of rotatable bonds is 4. The van der Waals surface area contributed by atoms with E-state index in [9.17, 15) is 4.79 Å². The molecule has 2 fully saturated rings. The van der Waals surface area contributed by atoms with Gasteiger partial charge in [-0.2, -0.15) is 0 Å². The Balaban J connectivity index is 1.76. The monoisotopic (exact) mass is 224 g/mol. The largest absolute Gasteiger partial charge is 0.352 e. The molecule has 1 amide bonds. The highest BCUT2D eigenvalue weighted by Crippen LogP contribution is 2.48. The van der Waals surface area contributed by atoms with E-state index in [1.807, 2.05) is 0 Å². The number of carbonyl (C=O) groups is 1. The minimum Gasteiger partial charge on any atom is -0.352 e. The number of amides is 1. The van der Waals surface area contributed by atoms with E-state index >= 15 is 0 Å². The molecule has 1 aliphatic carbocycles. The average molecular weight is 224 g/mol. The van der Waals surface area contributed by atoms with E-state index in [4.69, 9.17) is 0 Å². The average Bonchev–Trinajstić information content (AvgIpc) is 2.03. The third-order valence-corrected chi connectivity index (χ3v) is 4.18. The summed E-state index contributed by atoms with van der Waals surface area (Å²) in [6, 6.07) is 0.315. The zero-order valence-electron chi connectivity index (χ0n) is 10.8. The maximum Gasteiger partial charge on any atom is 0.217 e. The van der Waals surface area contributed by atoms with E-state index in [2.05, 4.69) is 24.1 Å². The topological polar surface area (TPSA) is 32.3 Å². The van der Waals surface area contributed by atoms with Crippen LogP contribution in [0.3, 0.4) is 0 Å². The number of nitrogens with zero attached hydrogens (tertiary/aromatic N) is 1. The molecule has 3 nitrogen and oxygen atoms in total. The van der Waals surface area contributed by atoms with E-state index in [0.29, 0.717) is 17.4 Å². The van der Waals surface area contributed by atoms with Gasteiger partial charge in [0.2, 0.25) is 5.91 Å². The molecule has 3 heteroatoms. The second kappa shape index (κ2) is 4.36. The molecule has 1 saturated heterocycles. The number of nitrogens with one attached hydrogen (secondary N) is 1. The summed E-state index contributed by atoms with van der Waals surface area (Å²) in [5, 5.41) is 3.06. The second-order valence-corrected chi connectivity index (χ2v) is 6.07. The van der Waals surface area contributed by atoms with Gasteiger partial charge >= 0.3 is 0 Å². The molecule has 1 aliphatic heterocycles. The summed E-state index contributed by atoms with van der Waals surface area (Å²) < 4.78 is 0. The quantitative estimate of drug-likeness (QED) is 0.787. The van der Waals surface area contributed by atoms with Crippen LogP contribution in [0.25, 0.3) is 0 Å². The van der Waals surface area contributed by atoms with Crippen molar-refractivity contribution in [1.29, 1.82) is 0 Å². The zero-order chi connectivity index (χ0) is 11.8. The predicted octanol–water partition coefficient (Wildman–Crippen LogP) is 1.63. The molecular weight excluding hydrogens is 200 g/mol. The van der Waals surface area contributed by atoms with Crippen LogP contribution >= 0.6 is 0 Å². The lowest BCUT2D eigenvalue weighted by Gasteiger charge is -2.57. The Morgan fingerprint density at radius 3 is 2.38 bits per heavy atom. The highest BCUT2D eigenvalue weighted by Gasteiger charge is 2.47. The highest BCUT2D eigenvalue weighted by atomic mass is 16.1. The Morgan fingerprint density at radius 2 is 2.00 bits per heavy atom. The van der Waals surface area contributed by atoms with Crippen molar-refractivity contribution in [3.8, 4) is 0 Å². The van der Waals surface area contributed by atoms with Crippen LogP contribution in [0.2, 0.25) is 0 Å². The lowest BCUT2D eigenvalue weighted by atomic mass is 9.63. The van der Waals surface area contributed by atoms with Gasteiger partial charge in [-0.25, -0.2) is 0 Å². The van der Waals surface area contributed by atoms with Crippen LogP contribution in [0.4, 0.5) is 0 Å². The molecule has 2 aliphatic rings. The molecule has 0 aromatic carbocycles. The van der Waals surface area contributed by atoms with Crippen LogP contribution in [-0.4, -0.2) is 36.5 Å². The van der Waals surface area contributed by atoms with Gasteiger partial charge in [-0.3, -0.25) is 4.79 Å². The fourth-order valence-corrected chi connectivity index (χ4v) is 2.99. The SMILES string of the molecule is CC(=O)NC(CN1CC2(CCC2)C1)C(C)C. The summed E-state index contributed by atoms with van der Waals surface area (Å²) >= 11 is 0. The van der Waals surface area contributed by atoms with Gasteiger partial charge in [-0.05, 0) is 24.2 Å². The van der Waals surface area contributed by atoms with Crippen molar-refractivity contribution >= 4 is 5.91 Å². The summed E-state index contributed by atoms with van der Waals surface area (Å²) in [6.07, 6.45) is 4.28. The summed E-state index contributed by atoms with van der Waals surface area (Å²) in [4.78, 5) is 13.6. The van der Waals surface area contributed by atoms with Gasteiger partial charge in [-0.15, -0.1) is 0 Å². The molecule has 0 aromatic rings. The maximum absolute atomic E-state index is 11.1. The normalized spacial score (nSPS) is 25.0. The Labute approximate surface area is 98.6 Å². The van der Waals surface area contributed by atoms with Crippen molar-refractivity contribution in [2.45, 2.75) is 46.1 Å². The molecule has 1 heterocycles. The first-order chi connectivity index (χ1) is 7.51. The first-order valence-corrected chi connectivity index (χ1v) is 6.50. The van der Waals surface area contributed by atoms with Gasteiger partial charge in [0.15, 0.2) is 0 Å². The van der Waals surface area contributed by atoms with Gasteiger partial charge < -0.3 is 10.2 Å². The van der Waals surface area contributed by atoms with Crippen LogP contribution < -0.4 is 5.32 Å². The highest BCUT2D eigenvalue weighted by molar-refractivity contribution is 5.73. The number of hydrogen-bond donors (Lipinski definition) is 1. The van der Waals surface area contributed by atoms with Crippen molar-refractivity contribution in [3.63, 3.8) is 0 Å².